The van der Waals surface area contributed by atoms with E-state index in [2.05, 4.69) is 24.1 Å². The summed E-state index contributed by atoms with van der Waals surface area (Å²) < 4.78 is 5.66. The molecule has 1 rings (SSSR count). The van der Waals surface area contributed by atoms with Crippen LogP contribution in [0.15, 0.2) is 0 Å². The van der Waals surface area contributed by atoms with E-state index in [9.17, 15) is 0 Å². The van der Waals surface area contributed by atoms with Crippen LogP contribution in [0.5, 0.6) is 0 Å². The van der Waals surface area contributed by atoms with Gasteiger partial charge in [0.15, 0.2) is 0 Å². The van der Waals surface area contributed by atoms with Crippen LogP contribution in [0.25, 0.3) is 0 Å². The summed E-state index contributed by atoms with van der Waals surface area (Å²) in [5.74, 6) is 0.713. The maximum absolute atomic E-state index is 5.66. The van der Waals surface area contributed by atoms with Crippen LogP contribution in [-0.2, 0) is 4.74 Å². The van der Waals surface area contributed by atoms with E-state index in [0.717, 1.165) is 26.3 Å². The van der Waals surface area contributed by atoms with E-state index < -0.39 is 0 Å². The SMILES string of the molecule is CCCC(C)COCCNCCCN1CCCC1. The molecule has 1 unspecified atom stereocenters. The zero-order valence-corrected chi connectivity index (χ0v) is 12.4. The van der Waals surface area contributed by atoms with Gasteiger partial charge in [-0.25, -0.2) is 0 Å². The van der Waals surface area contributed by atoms with Gasteiger partial charge < -0.3 is 15.0 Å². The van der Waals surface area contributed by atoms with Crippen LogP contribution in [0, 0.1) is 5.92 Å². The summed E-state index contributed by atoms with van der Waals surface area (Å²) in [6.07, 6.45) is 6.61. The minimum Gasteiger partial charge on any atom is -0.380 e. The quantitative estimate of drug-likeness (QED) is 0.575. The van der Waals surface area contributed by atoms with Gasteiger partial charge in [-0.3, -0.25) is 0 Å². The number of hydrogen-bond donors (Lipinski definition) is 1. The maximum Gasteiger partial charge on any atom is 0.0591 e. The lowest BCUT2D eigenvalue weighted by molar-refractivity contribution is 0.103. The highest BCUT2D eigenvalue weighted by Gasteiger charge is 2.09. The summed E-state index contributed by atoms with van der Waals surface area (Å²) in [6, 6.07) is 0. The monoisotopic (exact) mass is 256 g/mol. The van der Waals surface area contributed by atoms with Crippen LogP contribution in [-0.4, -0.2) is 50.8 Å². The van der Waals surface area contributed by atoms with Gasteiger partial charge in [-0.2, -0.15) is 0 Å². The Morgan fingerprint density at radius 2 is 2.00 bits per heavy atom. The van der Waals surface area contributed by atoms with Gasteiger partial charge in [0.1, 0.15) is 0 Å². The molecule has 108 valence electrons. The number of ether oxygens (including phenoxy) is 1. The molecule has 3 heteroatoms. The van der Waals surface area contributed by atoms with Crippen LogP contribution >= 0.6 is 0 Å². The van der Waals surface area contributed by atoms with Crippen molar-refractivity contribution < 1.29 is 4.74 Å². The molecule has 0 bridgehead atoms. The second-order valence-corrected chi connectivity index (χ2v) is 5.62. The van der Waals surface area contributed by atoms with Gasteiger partial charge in [0.2, 0.25) is 0 Å². The average Bonchev–Trinajstić information content (AvgIpc) is 2.86. The molecule has 1 saturated heterocycles. The van der Waals surface area contributed by atoms with Gasteiger partial charge >= 0.3 is 0 Å². The minimum atomic E-state index is 0.713. The van der Waals surface area contributed by atoms with Crippen molar-refractivity contribution in [1.82, 2.24) is 10.2 Å². The van der Waals surface area contributed by atoms with Gasteiger partial charge in [0.05, 0.1) is 6.61 Å². The molecule has 18 heavy (non-hydrogen) atoms. The lowest BCUT2D eigenvalue weighted by Crippen LogP contribution is -2.27. The van der Waals surface area contributed by atoms with Gasteiger partial charge in [0, 0.05) is 13.2 Å². The molecule has 0 amide bonds. The number of hydrogen-bond acceptors (Lipinski definition) is 3. The molecule has 1 fully saturated rings. The van der Waals surface area contributed by atoms with Crippen LogP contribution in [0.3, 0.4) is 0 Å². The molecule has 0 radical (unpaired) electrons. The Hall–Kier alpha value is -0.120. The Morgan fingerprint density at radius 1 is 1.22 bits per heavy atom. The number of nitrogens with zero attached hydrogens (tertiary/aromatic N) is 1. The van der Waals surface area contributed by atoms with Crippen molar-refractivity contribution in [2.45, 2.75) is 46.0 Å². The lowest BCUT2D eigenvalue weighted by atomic mass is 10.1. The topological polar surface area (TPSA) is 24.5 Å². The molecule has 0 aliphatic carbocycles. The van der Waals surface area contributed by atoms with Gasteiger partial charge in [-0.1, -0.05) is 20.3 Å². The predicted octanol–water partition coefficient (Wildman–Crippen LogP) is 2.51. The molecular formula is C15H32N2O. The molecule has 0 saturated carbocycles. The average molecular weight is 256 g/mol. The molecule has 1 N–H and O–H groups in total. The second kappa shape index (κ2) is 10.8. The number of nitrogens with one attached hydrogen (secondary N) is 1. The van der Waals surface area contributed by atoms with E-state index in [0.29, 0.717) is 5.92 Å². The first-order valence-electron chi connectivity index (χ1n) is 7.83. The largest absolute Gasteiger partial charge is 0.380 e. The smallest absolute Gasteiger partial charge is 0.0591 e. The third-order valence-corrected chi connectivity index (χ3v) is 3.63. The molecule has 0 spiro atoms. The Kier molecular flexibility index (Phi) is 9.54. The van der Waals surface area contributed by atoms with Gasteiger partial charge in [-0.05, 0) is 57.8 Å². The second-order valence-electron chi connectivity index (χ2n) is 5.62. The normalized spacial score (nSPS) is 18.3. The van der Waals surface area contributed by atoms with Crippen molar-refractivity contribution in [3.63, 3.8) is 0 Å². The fraction of sp³-hybridized carbons (Fsp3) is 1.00. The summed E-state index contributed by atoms with van der Waals surface area (Å²) in [6.45, 7) is 12.3. The van der Waals surface area contributed by atoms with Crippen molar-refractivity contribution in [2.24, 2.45) is 5.92 Å². The first-order chi connectivity index (χ1) is 8.83. The third-order valence-electron chi connectivity index (χ3n) is 3.63. The highest BCUT2D eigenvalue weighted by molar-refractivity contribution is 4.66. The lowest BCUT2D eigenvalue weighted by Gasteiger charge is -2.14. The Labute approximate surface area is 113 Å². The molecule has 1 aliphatic heterocycles. The minimum absolute atomic E-state index is 0.713. The summed E-state index contributed by atoms with van der Waals surface area (Å²) >= 11 is 0. The van der Waals surface area contributed by atoms with Crippen molar-refractivity contribution in [2.75, 3.05) is 45.9 Å². The van der Waals surface area contributed by atoms with Crippen molar-refractivity contribution in [3.05, 3.63) is 0 Å². The Bertz CT molecular complexity index is 181. The Balaban J connectivity index is 1.75. The zero-order valence-electron chi connectivity index (χ0n) is 12.4. The van der Waals surface area contributed by atoms with E-state index in [4.69, 9.17) is 4.74 Å². The first-order valence-corrected chi connectivity index (χ1v) is 7.83. The van der Waals surface area contributed by atoms with E-state index in [1.807, 2.05) is 0 Å². The van der Waals surface area contributed by atoms with E-state index in [1.54, 1.807) is 0 Å². The molecule has 1 heterocycles. The van der Waals surface area contributed by atoms with Crippen LogP contribution in [0.2, 0.25) is 0 Å². The highest BCUT2D eigenvalue weighted by atomic mass is 16.5. The van der Waals surface area contributed by atoms with Crippen LogP contribution < -0.4 is 5.32 Å². The standard InChI is InChI=1S/C15H32N2O/c1-3-7-15(2)14-18-13-9-16-8-6-12-17-10-4-5-11-17/h15-16H,3-14H2,1-2H3. The van der Waals surface area contributed by atoms with Crippen molar-refractivity contribution in [3.8, 4) is 0 Å². The number of likely N-dealkylation sites (tertiary alicyclic amines) is 1. The zero-order chi connectivity index (χ0) is 13.1. The first kappa shape index (κ1) is 15.9. The molecule has 0 aromatic rings. The third kappa shape index (κ3) is 8.06. The molecule has 0 aromatic carbocycles. The summed E-state index contributed by atoms with van der Waals surface area (Å²) in [5.41, 5.74) is 0. The predicted molar refractivity (Wildman–Crippen MR) is 78.1 cm³/mol. The highest BCUT2D eigenvalue weighted by Crippen LogP contribution is 2.07. The summed E-state index contributed by atoms with van der Waals surface area (Å²) in [4.78, 5) is 2.57. The van der Waals surface area contributed by atoms with Crippen molar-refractivity contribution in [1.29, 1.82) is 0 Å². The molecule has 3 nitrogen and oxygen atoms in total. The van der Waals surface area contributed by atoms with Gasteiger partial charge in [0.25, 0.3) is 0 Å². The summed E-state index contributed by atoms with van der Waals surface area (Å²) in [5, 5.41) is 3.46. The van der Waals surface area contributed by atoms with E-state index in [-0.39, 0.29) is 0 Å². The molecule has 1 atom stereocenters. The molecular weight excluding hydrogens is 224 g/mol. The van der Waals surface area contributed by atoms with Crippen LogP contribution in [0.4, 0.5) is 0 Å². The Morgan fingerprint density at radius 3 is 2.72 bits per heavy atom. The van der Waals surface area contributed by atoms with Crippen molar-refractivity contribution >= 4 is 0 Å². The maximum atomic E-state index is 5.66. The van der Waals surface area contributed by atoms with Crippen LogP contribution in [0.1, 0.15) is 46.0 Å². The number of rotatable bonds is 11. The fourth-order valence-corrected chi connectivity index (χ4v) is 2.56. The summed E-state index contributed by atoms with van der Waals surface area (Å²) in [7, 11) is 0. The van der Waals surface area contributed by atoms with E-state index in [1.165, 1.54) is 51.7 Å². The van der Waals surface area contributed by atoms with E-state index >= 15 is 0 Å². The fourth-order valence-electron chi connectivity index (χ4n) is 2.56. The van der Waals surface area contributed by atoms with Gasteiger partial charge in [-0.15, -0.1) is 0 Å². The molecule has 1 aliphatic rings. The molecule has 0 aromatic heterocycles.